The molecule has 1 aromatic heterocycles. The normalized spacial score (nSPS) is 10.6. The Morgan fingerprint density at radius 2 is 1.94 bits per heavy atom. The highest BCUT2D eigenvalue weighted by atomic mass is 16.3. The Hall–Kier alpha value is -2.17. The fourth-order valence-electron chi connectivity index (χ4n) is 1.72. The molecule has 2 aromatic rings. The standard InChI is InChI=1S/C12H15N3O2/c1-2-7-14-11(16)8-15(12(14)17)10-5-3-9(13)4-6-10/h3-6,8,16H,2,7,13H2,1H3. The minimum Gasteiger partial charge on any atom is -0.493 e. The van der Waals surface area contributed by atoms with Gasteiger partial charge in [0.1, 0.15) is 0 Å². The maximum absolute atomic E-state index is 12.0. The molecule has 2 rings (SSSR count). The predicted octanol–water partition coefficient (Wildman–Crippen LogP) is 1.34. The second-order valence-corrected chi connectivity index (χ2v) is 3.88. The summed E-state index contributed by atoms with van der Waals surface area (Å²) in [5.74, 6) is -0.0197. The first-order valence-corrected chi connectivity index (χ1v) is 5.50. The van der Waals surface area contributed by atoms with Crippen molar-refractivity contribution in [2.45, 2.75) is 19.9 Å². The molecule has 0 atom stereocenters. The van der Waals surface area contributed by atoms with Crippen molar-refractivity contribution in [1.29, 1.82) is 0 Å². The summed E-state index contributed by atoms with van der Waals surface area (Å²) in [6.07, 6.45) is 2.21. The minimum absolute atomic E-state index is 0.0197. The average Bonchev–Trinajstić information content (AvgIpc) is 2.59. The molecular weight excluding hydrogens is 218 g/mol. The van der Waals surface area contributed by atoms with Crippen molar-refractivity contribution in [3.63, 3.8) is 0 Å². The zero-order valence-electron chi connectivity index (χ0n) is 9.63. The predicted molar refractivity (Wildman–Crippen MR) is 66.4 cm³/mol. The molecule has 0 unspecified atom stereocenters. The van der Waals surface area contributed by atoms with Crippen LogP contribution in [0.3, 0.4) is 0 Å². The van der Waals surface area contributed by atoms with Crippen molar-refractivity contribution in [1.82, 2.24) is 9.13 Å². The molecule has 0 aliphatic rings. The highest BCUT2D eigenvalue weighted by molar-refractivity contribution is 5.45. The molecule has 0 aliphatic carbocycles. The summed E-state index contributed by atoms with van der Waals surface area (Å²) in [5.41, 5.74) is 6.67. The van der Waals surface area contributed by atoms with E-state index in [0.717, 1.165) is 6.42 Å². The molecule has 5 heteroatoms. The number of aromatic hydroxyl groups is 1. The van der Waals surface area contributed by atoms with Crippen LogP contribution in [0.15, 0.2) is 35.3 Å². The molecule has 0 radical (unpaired) electrons. The van der Waals surface area contributed by atoms with Gasteiger partial charge in [-0.1, -0.05) is 6.92 Å². The van der Waals surface area contributed by atoms with E-state index in [9.17, 15) is 9.90 Å². The highest BCUT2D eigenvalue weighted by Gasteiger charge is 2.10. The molecule has 0 aliphatic heterocycles. The van der Waals surface area contributed by atoms with Gasteiger partial charge in [-0.25, -0.2) is 4.79 Å². The van der Waals surface area contributed by atoms with Gasteiger partial charge in [0.05, 0.1) is 11.9 Å². The first-order chi connectivity index (χ1) is 8.13. The van der Waals surface area contributed by atoms with Crippen LogP contribution in [0.4, 0.5) is 5.69 Å². The van der Waals surface area contributed by atoms with Gasteiger partial charge in [-0.15, -0.1) is 0 Å². The summed E-state index contributed by atoms with van der Waals surface area (Å²) in [6.45, 7) is 2.46. The quantitative estimate of drug-likeness (QED) is 0.786. The third-order valence-corrected chi connectivity index (χ3v) is 2.58. The van der Waals surface area contributed by atoms with Gasteiger partial charge in [0, 0.05) is 12.2 Å². The van der Waals surface area contributed by atoms with E-state index in [1.54, 1.807) is 24.3 Å². The third kappa shape index (κ3) is 2.04. The summed E-state index contributed by atoms with van der Waals surface area (Å²) in [5, 5.41) is 9.68. The minimum atomic E-state index is -0.242. The molecule has 0 saturated heterocycles. The van der Waals surface area contributed by atoms with E-state index < -0.39 is 0 Å². The van der Waals surface area contributed by atoms with Crippen molar-refractivity contribution in [3.05, 3.63) is 40.9 Å². The van der Waals surface area contributed by atoms with Gasteiger partial charge in [-0.3, -0.25) is 9.13 Å². The molecule has 3 N–H and O–H groups in total. The average molecular weight is 233 g/mol. The summed E-state index contributed by atoms with van der Waals surface area (Å²) >= 11 is 0. The number of nitrogens with two attached hydrogens (primary N) is 1. The molecule has 1 aromatic carbocycles. The summed E-state index contributed by atoms with van der Waals surface area (Å²) in [6, 6.07) is 6.92. The Bertz CT molecular complexity index is 566. The van der Waals surface area contributed by atoms with Crippen LogP contribution in [0.25, 0.3) is 5.69 Å². The lowest BCUT2D eigenvalue weighted by Gasteiger charge is -2.01. The van der Waals surface area contributed by atoms with E-state index in [0.29, 0.717) is 17.9 Å². The number of aromatic nitrogens is 2. The Morgan fingerprint density at radius 1 is 1.29 bits per heavy atom. The van der Waals surface area contributed by atoms with Gasteiger partial charge in [0.2, 0.25) is 5.88 Å². The number of hydrogen-bond acceptors (Lipinski definition) is 3. The van der Waals surface area contributed by atoms with Gasteiger partial charge in [-0.05, 0) is 30.7 Å². The van der Waals surface area contributed by atoms with Crippen molar-refractivity contribution in [3.8, 4) is 11.6 Å². The molecule has 0 fully saturated rings. The van der Waals surface area contributed by atoms with E-state index in [1.165, 1.54) is 15.3 Å². The zero-order chi connectivity index (χ0) is 12.4. The largest absolute Gasteiger partial charge is 0.493 e. The molecule has 17 heavy (non-hydrogen) atoms. The van der Waals surface area contributed by atoms with Crippen LogP contribution in [-0.2, 0) is 6.54 Å². The molecule has 5 nitrogen and oxygen atoms in total. The molecular formula is C12H15N3O2. The first-order valence-electron chi connectivity index (χ1n) is 5.50. The third-order valence-electron chi connectivity index (χ3n) is 2.58. The van der Waals surface area contributed by atoms with E-state index in [2.05, 4.69) is 0 Å². The van der Waals surface area contributed by atoms with Crippen molar-refractivity contribution < 1.29 is 5.11 Å². The second kappa shape index (κ2) is 4.37. The zero-order valence-corrected chi connectivity index (χ0v) is 9.63. The Morgan fingerprint density at radius 3 is 2.53 bits per heavy atom. The van der Waals surface area contributed by atoms with Gasteiger partial charge < -0.3 is 10.8 Å². The molecule has 90 valence electrons. The smallest absolute Gasteiger partial charge is 0.335 e. The Labute approximate surface area is 98.7 Å². The summed E-state index contributed by atoms with van der Waals surface area (Å²) in [7, 11) is 0. The molecule has 0 saturated carbocycles. The van der Waals surface area contributed by atoms with Gasteiger partial charge in [0.15, 0.2) is 0 Å². The lowest BCUT2D eigenvalue weighted by atomic mass is 10.3. The number of rotatable bonds is 3. The molecule has 0 spiro atoms. The number of hydrogen-bond donors (Lipinski definition) is 2. The van der Waals surface area contributed by atoms with Crippen LogP contribution < -0.4 is 11.4 Å². The van der Waals surface area contributed by atoms with Gasteiger partial charge >= 0.3 is 5.69 Å². The fourth-order valence-corrected chi connectivity index (χ4v) is 1.72. The lowest BCUT2D eigenvalue weighted by Crippen LogP contribution is -2.22. The van der Waals surface area contributed by atoms with E-state index in [4.69, 9.17) is 5.73 Å². The van der Waals surface area contributed by atoms with Crippen molar-refractivity contribution in [2.75, 3.05) is 5.73 Å². The van der Waals surface area contributed by atoms with E-state index >= 15 is 0 Å². The van der Waals surface area contributed by atoms with Crippen molar-refractivity contribution in [2.24, 2.45) is 0 Å². The van der Waals surface area contributed by atoms with Crippen LogP contribution in [0.2, 0.25) is 0 Å². The maximum Gasteiger partial charge on any atom is 0.335 e. The Kier molecular flexibility index (Phi) is 2.91. The highest BCUT2D eigenvalue weighted by Crippen LogP contribution is 2.13. The second-order valence-electron chi connectivity index (χ2n) is 3.88. The topological polar surface area (TPSA) is 73.2 Å². The van der Waals surface area contributed by atoms with E-state index in [-0.39, 0.29) is 11.6 Å². The Balaban J connectivity index is 2.50. The van der Waals surface area contributed by atoms with Gasteiger partial charge in [0.25, 0.3) is 0 Å². The van der Waals surface area contributed by atoms with Crippen LogP contribution in [0.1, 0.15) is 13.3 Å². The van der Waals surface area contributed by atoms with Crippen LogP contribution in [-0.4, -0.2) is 14.2 Å². The fraction of sp³-hybridized carbons (Fsp3) is 0.250. The maximum atomic E-state index is 12.0. The van der Waals surface area contributed by atoms with Crippen LogP contribution >= 0.6 is 0 Å². The van der Waals surface area contributed by atoms with Crippen molar-refractivity contribution >= 4 is 5.69 Å². The number of nitrogens with zero attached hydrogens (tertiary/aromatic N) is 2. The van der Waals surface area contributed by atoms with Crippen LogP contribution in [0, 0.1) is 0 Å². The molecule has 1 heterocycles. The van der Waals surface area contributed by atoms with E-state index in [1.807, 2.05) is 6.92 Å². The monoisotopic (exact) mass is 233 g/mol. The number of anilines is 1. The summed E-state index contributed by atoms with van der Waals surface area (Å²) < 4.78 is 2.75. The van der Waals surface area contributed by atoms with Crippen LogP contribution in [0.5, 0.6) is 5.88 Å². The SMILES string of the molecule is CCCn1c(O)cn(-c2ccc(N)cc2)c1=O. The molecule has 0 amide bonds. The first kappa shape index (κ1) is 11.3. The molecule has 0 bridgehead atoms. The number of benzene rings is 1. The van der Waals surface area contributed by atoms with Gasteiger partial charge in [-0.2, -0.15) is 0 Å². The number of imidazole rings is 1. The number of nitrogen functional groups attached to an aromatic ring is 1. The summed E-state index contributed by atoms with van der Waals surface area (Å²) in [4.78, 5) is 12.0. The lowest BCUT2D eigenvalue weighted by molar-refractivity contribution is 0.412.